The molecular weight excluding hydrogens is 244 g/mol. The Morgan fingerprint density at radius 3 is 2.63 bits per heavy atom. The van der Waals surface area contributed by atoms with Crippen LogP contribution in [0.5, 0.6) is 5.75 Å². The topological polar surface area (TPSA) is 69.6 Å². The van der Waals surface area contributed by atoms with Crippen LogP contribution in [0.1, 0.15) is 29.8 Å². The van der Waals surface area contributed by atoms with Gasteiger partial charge in [0.1, 0.15) is 5.75 Å². The molecule has 0 bridgehead atoms. The molecule has 1 amide bonds. The lowest BCUT2D eigenvalue weighted by Gasteiger charge is -2.17. The Labute approximate surface area is 113 Å². The van der Waals surface area contributed by atoms with Gasteiger partial charge in [-0.3, -0.25) is 14.5 Å². The SMILES string of the molecule is CCNC(=O)CN(C)Cc1cc(C(C)=O)ccc1O. The maximum Gasteiger partial charge on any atom is 0.234 e. The first-order chi connectivity index (χ1) is 8.93. The van der Waals surface area contributed by atoms with Crippen LogP contribution in [0, 0.1) is 0 Å². The minimum atomic E-state index is -0.0628. The first kappa shape index (κ1) is 15.2. The molecule has 1 rings (SSSR count). The summed E-state index contributed by atoms with van der Waals surface area (Å²) in [6.45, 7) is 4.59. The molecule has 5 heteroatoms. The standard InChI is InChI=1S/C14H20N2O3/c1-4-15-14(19)9-16(3)8-12-7-11(10(2)17)5-6-13(12)18/h5-7,18H,4,8-9H2,1-3H3,(H,15,19). The van der Waals surface area contributed by atoms with Crippen molar-refractivity contribution in [1.29, 1.82) is 0 Å². The number of rotatable bonds is 6. The Morgan fingerprint density at radius 2 is 2.05 bits per heavy atom. The fourth-order valence-electron chi connectivity index (χ4n) is 1.78. The molecule has 0 unspecified atom stereocenters. The van der Waals surface area contributed by atoms with E-state index in [-0.39, 0.29) is 24.0 Å². The average molecular weight is 264 g/mol. The van der Waals surface area contributed by atoms with Crippen LogP contribution in [0.15, 0.2) is 18.2 Å². The number of hydrogen-bond acceptors (Lipinski definition) is 4. The van der Waals surface area contributed by atoms with Crippen molar-refractivity contribution in [2.24, 2.45) is 0 Å². The summed E-state index contributed by atoms with van der Waals surface area (Å²) in [4.78, 5) is 24.5. The second-order valence-corrected chi connectivity index (χ2v) is 4.53. The van der Waals surface area contributed by atoms with E-state index in [2.05, 4.69) is 5.32 Å². The molecule has 1 aromatic carbocycles. The number of nitrogens with one attached hydrogen (secondary N) is 1. The van der Waals surface area contributed by atoms with E-state index >= 15 is 0 Å². The van der Waals surface area contributed by atoms with Crippen molar-refractivity contribution < 1.29 is 14.7 Å². The Balaban J connectivity index is 2.73. The van der Waals surface area contributed by atoms with Crippen LogP contribution in [0.25, 0.3) is 0 Å². The molecule has 0 atom stereocenters. The van der Waals surface area contributed by atoms with Gasteiger partial charge >= 0.3 is 0 Å². The minimum absolute atomic E-state index is 0.0485. The molecule has 0 heterocycles. The lowest BCUT2D eigenvalue weighted by molar-refractivity contribution is -0.121. The van der Waals surface area contributed by atoms with Gasteiger partial charge in [-0.25, -0.2) is 0 Å². The quantitative estimate of drug-likeness (QED) is 0.757. The number of nitrogens with zero attached hydrogens (tertiary/aromatic N) is 1. The monoisotopic (exact) mass is 264 g/mol. The highest BCUT2D eigenvalue weighted by molar-refractivity contribution is 5.94. The van der Waals surface area contributed by atoms with Crippen molar-refractivity contribution >= 4 is 11.7 Å². The van der Waals surface area contributed by atoms with Gasteiger partial charge in [0.25, 0.3) is 0 Å². The van der Waals surface area contributed by atoms with Crippen LogP contribution in [-0.2, 0) is 11.3 Å². The summed E-state index contributed by atoms with van der Waals surface area (Å²) in [6, 6.07) is 4.75. The zero-order valence-electron chi connectivity index (χ0n) is 11.6. The highest BCUT2D eigenvalue weighted by Gasteiger charge is 2.10. The largest absolute Gasteiger partial charge is 0.508 e. The smallest absolute Gasteiger partial charge is 0.234 e. The number of carbonyl (C=O) groups is 2. The van der Waals surface area contributed by atoms with Crippen molar-refractivity contribution in [3.63, 3.8) is 0 Å². The van der Waals surface area contributed by atoms with Crippen molar-refractivity contribution in [2.75, 3.05) is 20.1 Å². The molecule has 0 saturated carbocycles. The molecule has 19 heavy (non-hydrogen) atoms. The predicted octanol–water partition coefficient (Wildman–Crippen LogP) is 1.16. The summed E-state index contributed by atoms with van der Waals surface area (Å²) in [5.74, 6) is 0.0209. The van der Waals surface area contributed by atoms with Crippen LogP contribution in [0.3, 0.4) is 0 Å². The first-order valence-corrected chi connectivity index (χ1v) is 6.22. The number of aromatic hydroxyl groups is 1. The Bertz CT molecular complexity index is 472. The molecular formula is C14H20N2O3. The van der Waals surface area contributed by atoms with Gasteiger partial charge < -0.3 is 10.4 Å². The van der Waals surface area contributed by atoms with Crippen LogP contribution in [0.2, 0.25) is 0 Å². The third-order valence-electron chi connectivity index (χ3n) is 2.71. The van der Waals surface area contributed by atoms with Crippen molar-refractivity contribution in [3.8, 4) is 5.75 Å². The zero-order chi connectivity index (χ0) is 14.4. The molecule has 0 aliphatic carbocycles. The van der Waals surface area contributed by atoms with Crippen molar-refractivity contribution in [1.82, 2.24) is 10.2 Å². The van der Waals surface area contributed by atoms with Crippen LogP contribution in [0.4, 0.5) is 0 Å². The molecule has 0 radical (unpaired) electrons. The molecule has 104 valence electrons. The minimum Gasteiger partial charge on any atom is -0.508 e. The Hall–Kier alpha value is -1.88. The first-order valence-electron chi connectivity index (χ1n) is 6.22. The molecule has 0 spiro atoms. The van der Waals surface area contributed by atoms with Gasteiger partial charge in [-0.2, -0.15) is 0 Å². The number of likely N-dealkylation sites (N-methyl/N-ethyl adjacent to an activating group) is 2. The van der Waals surface area contributed by atoms with Crippen LogP contribution in [-0.4, -0.2) is 41.8 Å². The number of Topliss-reactive ketones (excluding diaryl/α,β-unsaturated/α-hetero) is 1. The summed E-state index contributed by atoms with van der Waals surface area (Å²) in [6.07, 6.45) is 0. The highest BCUT2D eigenvalue weighted by atomic mass is 16.3. The third kappa shape index (κ3) is 4.71. The number of carbonyl (C=O) groups excluding carboxylic acids is 2. The second kappa shape index (κ2) is 6.89. The number of phenolic OH excluding ortho intramolecular Hbond substituents is 1. The molecule has 0 saturated heterocycles. The van der Waals surface area contributed by atoms with Gasteiger partial charge in [-0.1, -0.05) is 0 Å². The van der Waals surface area contributed by atoms with Crippen molar-refractivity contribution in [3.05, 3.63) is 29.3 Å². The maximum atomic E-state index is 11.4. The summed E-state index contributed by atoms with van der Waals surface area (Å²) in [5, 5.41) is 12.5. The number of ketones is 1. The number of hydrogen-bond donors (Lipinski definition) is 2. The lowest BCUT2D eigenvalue weighted by atomic mass is 10.1. The van der Waals surface area contributed by atoms with E-state index < -0.39 is 0 Å². The van der Waals surface area contributed by atoms with Crippen LogP contribution < -0.4 is 5.32 Å². The van der Waals surface area contributed by atoms with E-state index in [1.165, 1.54) is 13.0 Å². The third-order valence-corrected chi connectivity index (χ3v) is 2.71. The van der Waals surface area contributed by atoms with Gasteiger partial charge in [0.05, 0.1) is 6.54 Å². The average Bonchev–Trinajstić information content (AvgIpc) is 2.31. The van der Waals surface area contributed by atoms with E-state index in [4.69, 9.17) is 0 Å². The number of phenols is 1. The van der Waals surface area contributed by atoms with Gasteiger partial charge in [-0.05, 0) is 39.1 Å². The lowest BCUT2D eigenvalue weighted by Crippen LogP contribution is -2.34. The molecule has 1 aromatic rings. The van der Waals surface area contributed by atoms with Gasteiger partial charge in [-0.15, -0.1) is 0 Å². The second-order valence-electron chi connectivity index (χ2n) is 4.53. The Kier molecular flexibility index (Phi) is 5.51. The summed E-state index contributed by atoms with van der Waals surface area (Å²) in [7, 11) is 1.79. The van der Waals surface area contributed by atoms with Gasteiger partial charge in [0, 0.05) is 24.2 Å². The van der Waals surface area contributed by atoms with E-state index in [1.807, 2.05) is 6.92 Å². The van der Waals surface area contributed by atoms with Gasteiger partial charge in [0.2, 0.25) is 5.91 Å². The van der Waals surface area contributed by atoms with E-state index in [0.717, 1.165) is 0 Å². The van der Waals surface area contributed by atoms with E-state index in [1.54, 1.807) is 24.1 Å². The normalized spacial score (nSPS) is 10.5. The molecule has 0 aromatic heterocycles. The van der Waals surface area contributed by atoms with Gasteiger partial charge in [0.15, 0.2) is 5.78 Å². The predicted molar refractivity (Wildman–Crippen MR) is 73.1 cm³/mol. The van der Waals surface area contributed by atoms with E-state index in [9.17, 15) is 14.7 Å². The molecule has 0 aliphatic heterocycles. The number of amides is 1. The fraction of sp³-hybridized carbons (Fsp3) is 0.429. The molecule has 0 aliphatic rings. The Morgan fingerprint density at radius 1 is 1.37 bits per heavy atom. The summed E-state index contributed by atoms with van der Waals surface area (Å²) < 4.78 is 0. The fourth-order valence-corrected chi connectivity index (χ4v) is 1.78. The number of benzene rings is 1. The molecule has 5 nitrogen and oxygen atoms in total. The maximum absolute atomic E-state index is 11.4. The van der Waals surface area contributed by atoms with Crippen LogP contribution >= 0.6 is 0 Å². The summed E-state index contributed by atoms with van der Waals surface area (Å²) >= 11 is 0. The molecule has 2 N–H and O–H groups in total. The summed E-state index contributed by atoms with van der Waals surface area (Å²) in [5.41, 5.74) is 1.19. The zero-order valence-corrected chi connectivity index (χ0v) is 11.6. The molecule has 0 fully saturated rings. The van der Waals surface area contributed by atoms with E-state index in [0.29, 0.717) is 24.2 Å². The highest BCUT2D eigenvalue weighted by Crippen LogP contribution is 2.20. The van der Waals surface area contributed by atoms with Crippen molar-refractivity contribution in [2.45, 2.75) is 20.4 Å².